The highest BCUT2D eigenvalue weighted by molar-refractivity contribution is 6.05. The summed E-state index contributed by atoms with van der Waals surface area (Å²) in [6.07, 6.45) is 0. The lowest BCUT2D eigenvalue weighted by Crippen LogP contribution is -2.01. The molecule has 0 saturated heterocycles. The third-order valence-electron chi connectivity index (χ3n) is 5.75. The second-order valence-electron chi connectivity index (χ2n) is 7.99. The topological polar surface area (TPSA) is 127 Å². The first-order valence-electron chi connectivity index (χ1n) is 11.2. The number of carboxylic acids is 2. The van der Waals surface area contributed by atoms with E-state index in [4.69, 9.17) is 9.47 Å². The largest absolute Gasteiger partial charge is 0.478 e. The van der Waals surface area contributed by atoms with Crippen LogP contribution in [0, 0.1) is 0 Å². The van der Waals surface area contributed by atoms with Gasteiger partial charge in [-0.1, -0.05) is 48.5 Å². The van der Waals surface area contributed by atoms with Crippen LogP contribution >= 0.6 is 0 Å². The SMILES string of the molecule is O=COc1ccc(C(=C(c2ccc(C(=O)O)cc2)c2ccc(C(=O)O)cc2)c2ccc(OC=O)cc2)cc1. The molecule has 0 heterocycles. The van der Waals surface area contributed by atoms with Crippen molar-refractivity contribution < 1.29 is 38.9 Å². The van der Waals surface area contributed by atoms with Crippen LogP contribution in [0.15, 0.2) is 97.1 Å². The van der Waals surface area contributed by atoms with Crippen LogP contribution < -0.4 is 9.47 Å². The van der Waals surface area contributed by atoms with Gasteiger partial charge in [0, 0.05) is 0 Å². The minimum absolute atomic E-state index is 0.113. The molecule has 0 aliphatic heterocycles. The van der Waals surface area contributed by atoms with Crippen molar-refractivity contribution in [1.82, 2.24) is 0 Å². The molecule has 8 heteroatoms. The van der Waals surface area contributed by atoms with Gasteiger partial charge >= 0.3 is 11.9 Å². The highest BCUT2D eigenvalue weighted by atomic mass is 16.5. The van der Waals surface area contributed by atoms with Gasteiger partial charge in [0.15, 0.2) is 0 Å². The van der Waals surface area contributed by atoms with Crippen LogP contribution in [0.3, 0.4) is 0 Å². The number of carbonyl (C=O) groups is 4. The van der Waals surface area contributed by atoms with E-state index in [2.05, 4.69) is 0 Å². The Balaban J connectivity index is 2.02. The molecule has 0 amide bonds. The van der Waals surface area contributed by atoms with Crippen molar-refractivity contribution in [3.8, 4) is 11.5 Å². The molecule has 8 nitrogen and oxygen atoms in total. The Bertz CT molecular complexity index is 1380. The number of aromatic carboxylic acids is 2. The van der Waals surface area contributed by atoms with Crippen LogP contribution in [0.1, 0.15) is 43.0 Å². The maximum Gasteiger partial charge on any atom is 0.335 e. The zero-order valence-electron chi connectivity index (χ0n) is 19.7. The molecule has 4 aromatic carbocycles. The van der Waals surface area contributed by atoms with Gasteiger partial charge in [-0.3, -0.25) is 9.59 Å². The van der Waals surface area contributed by atoms with Gasteiger partial charge in [0.1, 0.15) is 11.5 Å². The van der Waals surface area contributed by atoms with Crippen LogP contribution in [0.2, 0.25) is 0 Å². The van der Waals surface area contributed by atoms with Gasteiger partial charge in [0.2, 0.25) is 0 Å². The third kappa shape index (κ3) is 5.66. The van der Waals surface area contributed by atoms with Gasteiger partial charge in [0.05, 0.1) is 11.1 Å². The Labute approximate surface area is 217 Å². The summed E-state index contributed by atoms with van der Waals surface area (Å²) in [6, 6.07) is 26.3. The Morgan fingerprint density at radius 3 is 0.921 bits per heavy atom. The monoisotopic (exact) mass is 508 g/mol. The number of ether oxygens (including phenoxy) is 2. The van der Waals surface area contributed by atoms with E-state index in [0.29, 0.717) is 46.7 Å². The fourth-order valence-corrected chi connectivity index (χ4v) is 3.98. The molecule has 0 atom stereocenters. The van der Waals surface area contributed by atoms with E-state index in [9.17, 15) is 29.4 Å². The van der Waals surface area contributed by atoms with E-state index in [1.54, 1.807) is 72.8 Å². The minimum Gasteiger partial charge on any atom is -0.478 e. The van der Waals surface area contributed by atoms with Gasteiger partial charge < -0.3 is 19.7 Å². The second-order valence-corrected chi connectivity index (χ2v) is 7.99. The molecule has 0 aromatic heterocycles. The zero-order chi connectivity index (χ0) is 27.1. The quantitative estimate of drug-likeness (QED) is 0.222. The molecule has 0 radical (unpaired) electrons. The highest BCUT2D eigenvalue weighted by Gasteiger charge is 2.18. The molecule has 4 rings (SSSR count). The summed E-state index contributed by atoms with van der Waals surface area (Å²) in [5.41, 5.74) is 4.43. The van der Waals surface area contributed by atoms with E-state index in [1.165, 1.54) is 24.3 Å². The number of rotatable bonds is 10. The molecule has 0 saturated carbocycles. The maximum absolute atomic E-state index is 11.5. The van der Waals surface area contributed by atoms with E-state index < -0.39 is 11.9 Å². The lowest BCUT2D eigenvalue weighted by molar-refractivity contribution is -0.121. The zero-order valence-corrected chi connectivity index (χ0v) is 19.7. The van der Waals surface area contributed by atoms with Crippen LogP contribution in [0.4, 0.5) is 0 Å². The molecule has 0 bridgehead atoms. The number of hydrogen-bond acceptors (Lipinski definition) is 6. The first-order valence-corrected chi connectivity index (χ1v) is 11.2. The van der Waals surface area contributed by atoms with Crippen LogP contribution in [-0.2, 0) is 9.59 Å². The van der Waals surface area contributed by atoms with Gasteiger partial charge in [-0.25, -0.2) is 9.59 Å². The van der Waals surface area contributed by atoms with Gasteiger partial charge in [-0.15, -0.1) is 0 Å². The molecule has 0 aliphatic rings. The van der Waals surface area contributed by atoms with Crippen molar-refractivity contribution in [2.24, 2.45) is 0 Å². The summed E-state index contributed by atoms with van der Waals surface area (Å²) < 4.78 is 9.86. The van der Waals surface area contributed by atoms with E-state index >= 15 is 0 Å². The smallest absolute Gasteiger partial charge is 0.335 e. The van der Waals surface area contributed by atoms with E-state index in [0.717, 1.165) is 11.1 Å². The normalized spacial score (nSPS) is 10.2. The summed E-state index contributed by atoms with van der Waals surface area (Å²) in [6.45, 7) is 0.661. The first kappa shape index (κ1) is 25.6. The summed E-state index contributed by atoms with van der Waals surface area (Å²) in [5.74, 6) is -1.44. The lowest BCUT2D eigenvalue weighted by Gasteiger charge is -2.19. The average Bonchev–Trinajstić information content (AvgIpc) is 2.93. The standard InChI is InChI=1S/C30H20O8/c31-17-37-25-13-9-21(10-14-25)28(22-11-15-26(16-12-22)38-18-32)27(19-1-5-23(6-2-19)29(33)34)20-3-7-24(8-4-20)30(35)36/h1-18H,(H,33,34)(H,35,36). The Kier molecular flexibility index (Phi) is 7.74. The molecule has 2 N–H and O–H groups in total. The molecular formula is C30H20O8. The predicted molar refractivity (Wildman–Crippen MR) is 138 cm³/mol. The fraction of sp³-hybridized carbons (Fsp3) is 0. The maximum atomic E-state index is 11.5. The van der Waals surface area contributed by atoms with Crippen molar-refractivity contribution in [3.05, 3.63) is 130 Å². The Hall–Kier alpha value is -5.50. The number of carbonyl (C=O) groups excluding carboxylic acids is 2. The van der Waals surface area contributed by atoms with Crippen LogP contribution in [-0.4, -0.2) is 35.1 Å². The lowest BCUT2D eigenvalue weighted by atomic mass is 9.85. The molecular weight excluding hydrogens is 488 g/mol. The van der Waals surface area contributed by atoms with Crippen molar-refractivity contribution >= 4 is 36.0 Å². The van der Waals surface area contributed by atoms with E-state index in [1.807, 2.05) is 0 Å². The summed E-state index contributed by atoms with van der Waals surface area (Å²) in [7, 11) is 0. The van der Waals surface area contributed by atoms with Crippen molar-refractivity contribution in [1.29, 1.82) is 0 Å². The number of benzene rings is 4. The Morgan fingerprint density at radius 1 is 0.447 bits per heavy atom. The molecule has 0 fully saturated rings. The highest BCUT2D eigenvalue weighted by Crippen LogP contribution is 2.38. The fourth-order valence-electron chi connectivity index (χ4n) is 3.98. The van der Waals surface area contributed by atoms with Crippen molar-refractivity contribution in [3.63, 3.8) is 0 Å². The third-order valence-corrected chi connectivity index (χ3v) is 5.75. The van der Waals surface area contributed by atoms with Gasteiger partial charge in [-0.2, -0.15) is 0 Å². The summed E-state index contributed by atoms with van der Waals surface area (Å²) >= 11 is 0. The molecule has 0 aliphatic carbocycles. The molecule has 38 heavy (non-hydrogen) atoms. The number of hydrogen-bond donors (Lipinski definition) is 2. The minimum atomic E-state index is -1.07. The van der Waals surface area contributed by atoms with Crippen LogP contribution in [0.5, 0.6) is 11.5 Å². The summed E-state index contributed by atoms with van der Waals surface area (Å²) in [5, 5.41) is 18.8. The van der Waals surface area contributed by atoms with Crippen LogP contribution in [0.25, 0.3) is 11.1 Å². The first-order chi connectivity index (χ1) is 18.4. The molecule has 4 aromatic rings. The molecule has 188 valence electrons. The molecule has 0 spiro atoms. The van der Waals surface area contributed by atoms with E-state index in [-0.39, 0.29) is 11.1 Å². The summed E-state index contributed by atoms with van der Waals surface area (Å²) in [4.78, 5) is 44.5. The number of carboxylic acid groups (broad SMARTS) is 2. The Morgan fingerprint density at radius 2 is 0.684 bits per heavy atom. The molecule has 0 unspecified atom stereocenters. The average molecular weight is 508 g/mol. The second kappa shape index (κ2) is 11.5. The predicted octanol–water partition coefficient (Wildman–Crippen LogP) is 5.16. The van der Waals surface area contributed by atoms with Crippen molar-refractivity contribution in [2.45, 2.75) is 0 Å². The van der Waals surface area contributed by atoms with Crippen molar-refractivity contribution in [2.75, 3.05) is 0 Å². The van der Waals surface area contributed by atoms with Gasteiger partial charge in [0.25, 0.3) is 12.9 Å². The van der Waals surface area contributed by atoms with Gasteiger partial charge in [-0.05, 0) is 81.9 Å².